The van der Waals surface area contributed by atoms with Crippen LogP contribution in [0.1, 0.15) is 0 Å². The molecule has 0 nitrogen and oxygen atoms in total. The quantitative estimate of drug-likeness (QED) is 0.270. The van der Waals surface area contributed by atoms with Gasteiger partial charge in [-0.15, -0.1) is 0 Å². The molecule has 0 saturated carbocycles. The molecule has 0 aromatic rings. The van der Waals surface area contributed by atoms with Gasteiger partial charge >= 0.3 is 63.3 Å². The van der Waals surface area contributed by atoms with Gasteiger partial charge in [-0.25, -0.2) is 0 Å². The molecule has 0 aliphatic heterocycles. The van der Waals surface area contributed by atoms with Crippen LogP contribution in [0.15, 0.2) is 0 Å². The van der Waals surface area contributed by atoms with Crippen LogP contribution in [0.5, 0.6) is 0 Å². The molecule has 1 radical (unpaired) electrons. The average molecular weight is 698 g/mol. The molecular formula is AgBiI3. The zero-order chi connectivity index (χ0) is 3.58. The molecule has 0 N–H and O–H groups in total. The fourth-order valence-corrected chi connectivity index (χ4v) is 0. The van der Waals surface area contributed by atoms with E-state index in [2.05, 4.69) is 54.1 Å². The van der Waals surface area contributed by atoms with Crippen molar-refractivity contribution in [1.82, 2.24) is 0 Å². The molecule has 0 rings (SSSR count). The Balaban J connectivity index is 0. The van der Waals surface area contributed by atoms with E-state index in [0.717, 1.165) is 0 Å². The van der Waals surface area contributed by atoms with Crippen LogP contribution in [0.3, 0.4) is 0 Å². The molecule has 5 heavy (non-hydrogen) atoms. The van der Waals surface area contributed by atoms with E-state index in [1.165, 1.54) is 0 Å². The topological polar surface area (TPSA) is 0 Å². The van der Waals surface area contributed by atoms with Crippen molar-refractivity contribution in [2.45, 2.75) is 0 Å². The molecule has 0 bridgehead atoms. The predicted molar refractivity (Wildman–Crippen MR) is 47.8 cm³/mol. The van der Waals surface area contributed by atoms with Gasteiger partial charge in [0, 0.05) is 22.4 Å². The molecule has 5 heteroatoms. The van der Waals surface area contributed by atoms with Crippen molar-refractivity contribution < 1.29 is 22.4 Å². The maximum absolute atomic E-state index is 2.52. The minimum absolute atomic E-state index is 0. The summed E-state index contributed by atoms with van der Waals surface area (Å²) in [4.78, 5) is 0. The van der Waals surface area contributed by atoms with E-state index >= 15 is 0 Å². The van der Waals surface area contributed by atoms with Gasteiger partial charge in [-0.2, -0.15) is 0 Å². The van der Waals surface area contributed by atoms with Crippen LogP contribution in [0, 0.1) is 0 Å². The van der Waals surface area contributed by atoms with Crippen molar-refractivity contribution in [3.8, 4) is 0 Å². The Morgan fingerprint density at radius 1 is 1.00 bits per heavy atom. The second kappa shape index (κ2) is 7.81. The van der Waals surface area contributed by atoms with E-state index in [0.29, 0.717) is 0 Å². The van der Waals surface area contributed by atoms with Crippen LogP contribution in [-0.2, 0) is 22.4 Å². The van der Waals surface area contributed by atoms with Gasteiger partial charge in [-0.1, -0.05) is 0 Å². The van der Waals surface area contributed by atoms with Gasteiger partial charge in [0.15, 0.2) is 0 Å². The van der Waals surface area contributed by atoms with Crippen molar-refractivity contribution in [1.29, 1.82) is 0 Å². The Morgan fingerprint density at radius 3 is 1.00 bits per heavy atom. The van der Waals surface area contributed by atoms with Gasteiger partial charge in [-0.05, 0) is 0 Å². The van der Waals surface area contributed by atoms with Gasteiger partial charge in [0.2, 0.25) is 0 Å². The normalized spacial score (nSPS) is 7.20. The second-order valence-electron chi connectivity index (χ2n) is 0.192. The second-order valence-corrected chi connectivity index (χ2v) is 75.7. The van der Waals surface area contributed by atoms with Crippen molar-refractivity contribution in [3.05, 3.63) is 0 Å². The first-order chi connectivity index (χ1) is 1.73. The zero-order valence-corrected chi connectivity index (χ0v) is 13.3. The monoisotopic (exact) mass is 697 g/mol. The first kappa shape index (κ1) is 11.6. The van der Waals surface area contributed by atoms with Crippen molar-refractivity contribution in [3.63, 3.8) is 0 Å². The zero-order valence-electron chi connectivity index (χ0n) is 1.88. The first-order valence-corrected chi connectivity index (χ1v) is 29.8. The van der Waals surface area contributed by atoms with Crippen LogP contribution in [0.4, 0.5) is 0 Å². The minimum atomic E-state index is -0.683. The summed E-state index contributed by atoms with van der Waals surface area (Å²) in [6, 6.07) is 0. The summed E-state index contributed by atoms with van der Waals surface area (Å²) in [5.41, 5.74) is 0. The van der Waals surface area contributed by atoms with E-state index < -0.39 is 9.18 Å². The molecule has 0 saturated heterocycles. The van der Waals surface area contributed by atoms with Gasteiger partial charge in [0.05, 0.1) is 0 Å². The third-order valence-corrected chi connectivity index (χ3v) is 0. The van der Waals surface area contributed by atoms with Gasteiger partial charge in [-0.3, -0.25) is 0 Å². The predicted octanol–water partition coefficient (Wildman–Crippen LogP) is 2.27. The van der Waals surface area contributed by atoms with E-state index in [1.807, 2.05) is 0 Å². The standard InChI is InChI=1S/Ag.Bi.3HI/h;;3*1H/q;+3;;;/p-3. The number of hydrogen-bond acceptors (Lipinski definition) is 0. The van der Waals surface area contributed by atoms with E-state index in [1.54, 1.807) is 0 Å². The summed E-state index contributed by atoms with van der Waals surface area (Å²) in [7, 11) is -0.683. The van der Waals surface area contributed by atoms with Gasteiger partial charge < -0.3 is 0 Å². The van der Waals surface area contributed by atoms with Crippen molar-refractivity contribution in [2.75, 3.05) is 0 Å². The molecule has 0 aromatic heterocycles. The molecule has 0 aliphatic rings. The van der Waals surface area contributed by atoms with Crippen molar-refractivity contribution in [2.24, 2.45) is 0 Å². The molecule has 0 atom stereocenters. The summed E-state index contributed by atoms with van der Waals surface area (Å²) in [6.07, 6.45) is 0. The average Bonchev–Trinajstić information content (AvgIpc) is 0.811. The van der Waals surface area contributed by atoms with Crippen LogP contribution in [0.2, 0.25) is 0 Å². The van der Waals surface area contributed by atoms with E-state index in [-0.39, 0.29) is 22.4 Å². The maximum atomic E-state index is 2.52. The van der Waals surface area contributed by atoms with Crippen LogP contribution < -0.4 is 0 Å². The van der Waals surface area contributed by atoms with Crippen LogP contribution in [0.25, 0.3) is 0 Å². The van der Waals surface area contributed by atoms with Crippen LogP contribution >= 0.6 is 54.1 Å². The molecule has 37 valence electrons. The Bertz CT molecular complexity index is 11.6. The van der Waals surface area contributed by atoms with Gasteiger partial charge in [0.1, 0.15) is 0 Å². The SMILES string of the molecule is [Ag].[I][Bi]([I])[I]. The molecule has 0 unspecified atom stereocenters. The Kier molecular flexibility index (Phi) is 18.1. The number of halogens is 3. The summed E-state index contributed by atoms with van der Waals surface area (Å²) in [5.74, 6) is 0. The summed E-state index contributed by atoms with van der Waals surface area (Å²) >= 11 is 7.56. The summed E-state index contributed by atoms with van der Waals surface area (Å²) in [5, 5.41) is 0. The fraction of sp³-hybridized carbons (Fsp3) is 0. The van der Waals surface area contributed by atoms with E-state index in [9.17, 15) is 0 Å². The molecule has 0 aliphatic carbocycles. The van der Waals surface area contributed by atoms with Crippen LogP contribution in [-0.4, -0.2) is 9.18 Å². The molecule has 0 fully saturated rings. The number of rotatable bonds is 0. The number of hydrogen-bond donors (Lipinski definition) is 0. The summed E-state index contributed by atoms with van der Waals surface area (Å²) < 4.78 is 0. The van der Waals surface area contributed by atoms with Gasteiger partial charge in [0.25, 0.3) is 0 Å². The molecular weight excluding hydrogens is 698 g/mol. The Hall–Kier alpha value is 3.81. The van der Waals surface area contributed by atoms with E-state index in [4.69, 9.17) is 0 Å². The third kappa shape index (κ3) is 18.2. The summed E-state index contributed by atoms with van der Waals surface area (Å²) in [6.45, 7) is 0. The molecule has 0 amide bonds. The Morgan fingerprint density at radius 2 is 1.00 bits per heavy atom. The van der Waals surface area contributed by atoms with Crippen molar-refractivity contribution >= 4 is 63.3 Å². The molecule has 0 aromatic carbocycles. The first-order valence-electron chi connectivity index (χ1n) is 0.507. The Labute approximate surface area is 82.9 Å². The molecule has 0 heterocycles. The fourth-order valence-electron chi connectivity index (χ4n) is 0. The third-order valence-electron chi connectivity index (χ3n) is 0. The molecule has 0 spiro atoms.